The molecule has 6 aliphatic heterocycles. The number of nitrogens with zero attached hydrogens (tertiary/aromatic N) is 8. The summed E-state index contributed by atoms with van der Waals surface area (Å²) in [6.45, 7) is 5.40. The van der Waals surface area contributed by atoms with Crippen molar-refractivity contribution < 1.29 is 28.8 Å². The van der Waals surface area contributed by atoms with Crippen molar-refractivity contribution in [2.45, 2.75) is 75.9 Å². The molecule has 6 amide bonds. The number of fused-ring (bicyclic) bond motifs is 1. The quantitative estimate of drug-likeness (QED) is 0.204. The summed E-state index contributed by atoms with van der Waals surface area (Å²) in [6.07, 6.45) is 10.8. The van der Waals surface area contributed by atoms with Crippen molar-refractivity contribution >= 4 is 59.0 Å². The first-order valence-corrected chi connectivity index (χ1v) is 20.2. The Morgan fingerprint density at radius 3 is 2.38 bits per heavy atom. The highest BCUT2D eigenvalue weighted by molar-refractivity contribution is 6.23. The van der Waals surface area contributed by atoms with E-state index in [9.17, 15) is 28.8 Å². The predicted octanol–water partition coefficient (Wildman–Crippen LogP) is 0.842. The Morgan fingerprint density at radius 2 is 1.67 bits per heavy atom. The molecule has 18 nitrogen and oxygen atoms in total. The van der Waals surface area contributed by atoms with Gasteiger partial charge in [0.2, 0.25) is 17.7 Å². The first kappa shape index (κ1) is 38.9. The van der Waals surface area contributed by atoms with Gasteiger partial charge in [0.25, 0.3) is 17.7 Å². The molecule has 18 heteroatoms. The number of carbonyl (C=O) groups excluding carboxylic acids is 6. The molecule has 2 atom stereocenters. The van der Waals surface area contributed by atoms with Crippen LogP contribution in [0.2, 0.25) is 0 Å². The molecule has 1 aromatic heterocycles. The van der Waals surface area contributed by atoms with Gasteiger partial charge in [-0.25, -0.2) is 9.97 Å². The van der Waals surface area contributed by atoms with Crippen LogP contribution >= 0.6 is 0 Å². The monoisotopic (exact) mass is 794 g/mol. The van der Waals surface area contributed by atoms with Crippen molar-refractivity contribution in [3.05, 3.63) is 53.1 Å². The number of allylic oxidation sites excluding steroid dienone is 1. The van der Waals surface area contributed by atoms with Crippen molar-refractivity contribution in [1.82, 2.24) is 30.0 Å². The summed E-state index contributed by atoms with van der Waals surface area (Å²) in [5.74, 6) is -1.72. The van der Waals surface area contributed by atoms with Crippen LogP contribution in [0.4, 0.5) is 17.3 Å². The number of aromatic nitrogens is 2. The Balaban J connectivity index is 0.850. The van der Waals surface area contributed by atoms with E-state index in [2.05, 4.69) is 40.2 Å². The molecule has 5 fully saturated rings. The van der Waals surface area contributed by atoms with Crippen molar-refractivity contribution in [3.63, 3.8) is 0 Å². The highest BCUT2D eigenvalue weighted by Crippen LogP contribution is 2.44. The number of amides is 6. The fraction of sp³-hybridized carbons (Fsp3) is 0.525. The average Bonchev–Trinajstić information content (AvgIpc) is 3.68. The van der Waals surface area contributed by atoms with Gasteiger partial charge in [0.05, 0.1) is 28.4 Å². The fourth-order valence-corrected chi connectivity index (χ4v) is 9.73. The first-order valence-electron chi connectivity index (χ1n) is 20.2. The SMILES string of the molecule is CN=CC(=CN)Nc1nc(N2CCCC(N3CCC4(CCN(C5CCN(c6ccc7c(c6)C(=O)N(C6CCC(=O)NC6=O)C7=O)CC5)CC4)C3=O)C2)cnc1C(N)=O. The van der Waals surface area contributed by atoms with E-state index in [4.69, 9.17) is 16.5 Å². The highest BCUT2D eigenvalue weighted by atomic mass is 16.2. The molecular formula is C40H50N12O6. The highest BCUT2D eigenvalue weighted by Gasteiger charge is 2.51. The lowest BCUT2D eigenvalue weighted by molar-refractivity contribution is -0.141. The molecule has 0 bridgehead atoms. The lowest BCUT2D eigenvalue weighted by atomic mass is 9.76. The van der Waals surface area contributed by atoms with Crippen LogP contribution in [-0.2, 0) is 14.4 Å². The van der Waals surface area contributed by atoms with Gasteiger partial charge < -0.3 is 36.4 Å². The maximum absolute atomic E-state index is 14.2. The number of anilines is 3. The van der Waals surface area contributed by atoms with Gasteiger partial charge in [-0.15, -0.1) is 0 Å². The molecule has 6 aliphatic rings. The van der Waals surface area contributed by atoms with Crippen LogP contribution in [0.3, 0.4) is 0 Å². The van der Waals surface area contributed by atoms with Gasteiger partial charge in [-0.05, 0) is 82.7 Å². The maximum atomic E-state index is 14.2. The normalized spacial score (nSPS) is 24.6. The molecule has 1 aromatic carbocycles. The van der Waals surface area contributed by atoms with E-state index < -0.39 is 35.6 Å². The molecule has 1 spiro atoms. The zero-order valence-corrected chi connectivity index (χ0v) is 32.7. The molecule has 2 unspecified atom stereocenters. The van der Waals surface area contributed by atoms with Gasteiger partial charge in [-0.1, -0.05) is 0 Å². The van der Waals surface area contributed by atoms with E-state index in [1.54, 1.807) is 25.4 Å². The maximum Gasteiger partial charge on any atom is 0.271 e. The summed E-state index contributed by atoms with van der Waals surface area (Å²) >= 11 is 0. The van der Waals surface area contributed by atoms with E-state index in [-0.39, 0.29) is 47.3 Å². The third-order valence-corrected chi connectivity index (χ3v) is 12.9. The number of primary amides is 1. The van der Waals surface area contributed by atoms with E-state index in [0.29, 0.717) is 29.7 Å². The van der Waals surface area contributed by atoms with Crippen LogP contribution in [-0.4, -0.2) is 137 Å². The number of piperidine rings is 4. The first-order chi connectivity index (χ1) is 28.0. The van der Waals surface area contributed by atoms with Crippen LogP contribution in [0, 0.1) is 5.41 Å². The van der Waals surface area contributed by atoms with E-state index in [1.165, 1.54) is 12.4 Å². The topological polar surface area (TPSA) is 233 Å². The van der Waals surface area contributed by atoms with Crippen LogP contribution in [0.25, 0.3) is 0 Å². The van der Waals surface area contributed by atoms with Gasteiger partial charge in [0.15, 0.2) is 11.5 Å². The molecule has 306 valence electrons. The minimum absolute atomic E-state index is 0.00757. The Hall–Kier alpha value is -5.91. The van der Waals surface area contributed by atoms with E-state index in [0.717, 1.165) is 94.8 Å². The van der Waals surface area contributed by atoms with Crippen LogP contribution in [0.5, 0.6) is 0 Å². The number of imide groups is 2. The molecule has 7 heterocycles. The third-order valence-electron chi connectivity index (χ3n) is 12.9. The molecule has 8 rings (SSSR count). The smallest absolute Gasteiger partial charge is 0.271 e. The van der Waals surface area contributed by atoms with E-state index >= 15 is 0 Å². The second-order valence-electron chi connectivity index (χ2n) is 16.1. The van der Waals surface area contributed by atoms with Gasteiger partial charge in [0.1, 0.15) is 11.9 Å². The number of aliphatic imine (C=N–C) groups is 1. The fourth-order valence-electron chi connectivity index (χ4n) is 9.73. The predicted molar refractivity (Wildman–Crippen MR) is 214 cm³/mol. The number of benzene rings is 1. The Labute approximate surface area is 336 Å². The average molecular weight is 795 g/mol. The number of carbonyl (C=O) groups is 6. The van der Waals surface area contributed by atoms with Gasteiger partial charge in [-0.3, -0.25) is 44.0 Å². The number of likely N-dealkylation sites (tertiary alicyclic amines) is 2. The summed E-state index contributed by atoms with van der Waals surface area (Å²) in [5.41, 5.74) is 12.8. The summed E-state index contributed by atoms with van der Waals surface area (Å²) in [6, 6.07) is 4.74. The molecule has 5 saturated heterocycles. The Kier molecular flexibility index (Phi) is 10.6. The zero-order chi connectivity index (χ0) is 40.7. The lowest BCUT2D eigenvalue weighted by Gasteiger charge is -2.45. The summed E-state index contributed by atoms with van der Waals surface area (Å²) in [4.78, 5) is 100. The molecule has 0 saturated carbocycles. The second kappa shape index (κ2) is 15.8. The minimum Gasteiger partial charge on any atom is -0.403 e. The molecule has 6 N–H and O–H groups in total. The summed E-state index contributed by atoms with van der Waals surface area (Å²) in [5, 5.41) is 5.25. The number of rotatable bonds is 9. The van der Waals surface area contributed by atoms with Crippen LogP contribution in [0.15, 0.2) is 41.3 Å². The number of hydrogen-bond acceptors (Lipinski definition) is 14. The molecule has 2 aromatic rings. The van der Waals surface area contributed by atoms with E-state index in [1.807, 2.05) is 6.07 Å². The number of nitrogens with two attached hydrogens (primary N) is 2. The van der Waals surface area contributed by atoms with Crippen molar-refractivity contribution in [1.29, 1.82) is 0 Å². The number of hydrogen-bond donors (Lipinski definition) is 4. The third kappa shape index (κ3) is 7.13. The number of nitrogens with one attached hydrogen (secondary N) is 2. The Bertz CT molecular complexity index is 2090. The molecular weight excluding hydrogens is 745 g/mol. The zero-order valence-electron chi connectivity index (χ0n) is 32.7. The van der Waals surface area contributed by atoms with Crippen molar-refractivity contribution in [2.75, 3.05) is 68.0 Å². The van der Waals surface area contributed by atoms with Crippen molar-refractivity contribution in [2.24, 2.45) is 21.9 Å². The van der Waals surface area contributed by atoms with Crippen molar-refractivity contribution in [3.8, 4) is 0 Å². The molecule has 0 radical (unpaired) electrons. The summed E-state index contributed by atoms with van der Waals surface area (Å²) in [7, 11) is 1.60. The standard InChI is InChI=1S/C40H50N12O6/c1-43-21-24(20-41)45-35-33(34(42)54)44-22-31(46-35)50-13-2-3-27(23-50)51-18-12-40(39(51)58)10-16-49(17-11-40)25-8-14-48(15-9-25)26-4-5-28-29(19-26)38(57)52(37(28)56)30-6-7-32(53)47-36(30)55/h4-5,19-22,25,27,30H,2-3,6-18,23,41H2,1H3,(H2,42,54)(H,45,46)(H,47,53,55). The van der Waals surface area contributed by atoms with Crippen LogP contribution < -0.4 is 31.9 Å². The van der Waals surface area contributed by atoms with Gasteiger partial charge in [-0.2, -0.15) is 0 Å². The Morgan fingerprint density at radius 1 is 0.931 bits per heavy atom. The lowest BCUT2D eigenvalue weighted by Crippen LogP contribution is -2.54. The summed E-state index contributed by atoms with van der Waals surface area (Å²) < 4.78 is 0. The molecule has 58 heavy (non-hydrogen) atoms. The minimum atomic E-state index is -0.990. The van der Waals surface area contributed by atoms with Gasteiger partial charge in [0, 0.05) is 76.4 Å². The van der Waals surface area contributed by atoms with Gasteiger partial charge >= 0.3 is 0 Å². The molecule has 0 aliphatic carbocycles. The van der Waals surface area contributed by atoms with Crippen LogP contribution in [0.1, 0.15) is 89.0 Å². The largest absolute Gasteiger partial charge is 0.403 e. The second-order valence-corrected chi connectivity index (χ2v) is 16.1.